The van der Waals surface area contributed by atoms with E-state index in [0.717, 1.165) is 0 Å². The summed E-state index contributed by atoms with van der Waals surface area (Å²) in [5.74, 6) is 0. The van der Waals surface area contributed by atoms with Gasteiger partial charge in [0.15, 0.2) is 0 Å². The molecule has 0 saturated carbocycles. The molecule has 0 radical (unpaired) electrons. The fourth-order valence-electron chi connectivity index (χ4n) is 7.63. The van der Waals surface area contributed by atoms with Gasteiger partial charge >= 0.3 is 0 Å². The van der Waals surface area contributed by atoms with E-state index in [1.165, 1.54) is 92.8 Å². The van der Waals surface area contributed by atoms with E-state index in [1.807, 2.05) is 0 Å². The smallest absolute Gasteiger partial charge is 0.0625 e. The van der Waals surface area contributed by atoms with Gasteiger partial charge in [-0.3, -0.25) is 0 Å². The lowest BCUT2D eigenvalue weighted by molar-refractivity contribution is 1.19. The van der Waals surface area contributed by atoms with Crippen LogP contribution in [0.25, 0.3) is 92.8 Å². The minimum Gasteiger partial charge on any atom is -0.309 e. The second-order valence-electron chi connectivity index (χ2n) is 11.3. The molecule has 9 aromatic rings. The van der Waals surface area contributed by atoms with Crippen molar-refractivity contribution in [2.75, 3.05) is 0 Å². The molecule has 8 aromatic carbocycles. The van der Waals surface area contributed by atoms with Crippen LogP contribution in [-0.2, 0) is 0 Å². The number of fused-ring (bicyclic) bond motifs is 13. The van der Waals surface area contributed by atoms with Gasteiger partial charge in [-0.15, -0.1) is 0 Å². The summed E-state index contributed by atoms with van der Waals surface area (Å²) in [5, 5.41) is 13.1. The molecular weight excluding hydrogens is 494 g/mol. The van der Waals surface area contributed by atoms with Crippen LogP contribution in [0.3, 0.4) is 0 Å². The summed E-state index contributed by atoms with van der Waals surface area (Å²) in [5.41, 5.74) is 9.02. The van der Waals surface area contributed by atoms with Crippen molar-refractivity contribution in [3.05, 3.63) is 140 Å². The zero-order valence-corrected chi connectivity index (χ0v) is 22.2. The minimum atomic E-state index is 1.20. The van der Waals surface area contributed by atoms with Gasteiger partial charge in [-0.2, -0.15) is 0 Å². The highest BCUT2D eigenvalue weighted by atomic mass is 15.0. The molecule has 1 heterocycles. The first-order valence-corrected chi connectivity index (χ1v) is 14.3. The maximum atomic E-state index is 2.50. The van der Waals surface area contributed by atoms with Gasteiger partial charge in [0.2, 0.25) is 0 Å². The molecule has 41 heavy (non-hydrogen) atoms. The van der Waals surface area contributed by atoms with Crippen molar-refractivity contribution in [3.63, 3.8) is 0 Å². The van der Waals surface area contributed by atoms with E-state index in [-0.39, 0.29) is 0 Å². The van der Waals surface area contributed by atoms with Crippen LogP contribution >= 0.6 is 0 Å². The predicted molar refractivity (Wildman–Crippen MR) is 175 cm³/mol. The molecule has 10 rings (SSSR count). The van der Waals surface area contributed by atoms with E-state index in [2.05, 4.69) is 144 Å². The van der Waals surface area contributed by atoms with Gasteiger partial charge in [0, 0.05) is 21.8 Å². The molecule has 1 aromatic heterocycles. The molecule has 0 atom stereocenters. The molecule has 0 saturated heterocycles. The van der Waals surface area contributed by atoms with E-state index in [0.29, 0.717) is 0 Å². The van der Waals surface area contributed by atoms with Crippen LogP contribution in [0.5, 0.6) is 0 Å². The van der Waals surface area contributed by atoms with Crippen molar-refractivity contribution >= 4 is 64.9 Å². The monoisotopic (exact) mass is 517 g/mol. The Labute approximate surface area is 236 Å². The normalized spacial score (nSPS) is 12.4. The first-order valence-electron chi connectivity index (χ1n) is 14.3. The lowest BCUT2D eigenvalue weighted by Crippen LogP contribution is -1.96. The summed E-state index contributed by atoms with van der Waals surface area (Å²) in [4.78, 5) is 0. The summed E-state index contributed by atoms with van der Waals surface area (Å²) >= 11 is 0. The van der Waals surface area contributed by atoms with E-state index >= 15 is 0 Å². The van der Waals surface area contributed by atoms with Crippen LogP contribution in [0.2, 0.25) is 0 Å². The molecule has 1 heteroatoms. The summed E-state index contributed by atoms with van der Waals surface area (Å²) < 4.78 is 2.50. The summed E-state index contributed by atoms with van der Waals surface area (Å²) in [6, 6.07) is 51.7. The van der Waals surface area contributed by atoms with Crippen LogP contribution in [0.15, 0.2) is 140 Å². The van der Waals surface area contributed by atoms with E-state index in [4.69, 9.17) is 0 Å². The summed E-state index contributed by atoms with van der Waals surface area (Å²) in [6.45, 7) is 0. The average Bonchev–Trinajstić information content (AvgIpc) is 3.55. The Hall–Kier alpha value is -5.40. The number of hydrogen-bond acceptors (Lipinski definition) is 0. The molecule has 0 N–H and O–H groups in total. The number of benzene rings is 8. The number of aromatic nitrogens is 1. The van der Waals surface area contributed by atoms with Crippen LogP contribution in [0.4, 0.5) is 0 Å². The zero-order valence-electron chi connectivity index (χ0n) is 22.2. The summed E-state index contributed by atoms with van der Waals surface area (Å²) in [6.07, 6.45) is 0. The van der Waals surface area contributed by atoms with Gasteiger partial charge in [0.1, 0.15) is 0 Å². The maximum absolute atomic E-state index is 2.50. The van der Waals surface area contributed by atoms with Crippen LogP contribution in [-0.4, -0.2) is 4.57 Å². The summed E-state index contributed by atoms with van der Waals surface area (Å²) in [7, 11) is 0. The van der Waals surface area contributed by atoms with Crippen molar-refractivity contribution in [2.45, 2.75) is 0 Å². The largest absolute Gasteiger partial charge is 0.309 e. The first kappa shape index (κ1) is 21.4. The number of hydrogen-bond donors (Lipinski definition) is 0. The highest BCUT2D eigenvalue weighted by Gasteiger charge is 2.24. The molecule has 1 nitrogen and oxygen atoms in total. The van der Waals surface area contributed by atoms with Gasteiger partial charge < -0.3 is 4.57 Å². The van der Waals surface area contributed by atoms with Crippen LogP contribution in [0.1, 0.15) is 0 Å². The minimum absolute atomic E-state index is 1.20. The lowest BCUT2D eigenvalue weighted by atomic mass is 9.93. The molecule has 0 fully saturated rings. The van der Waals surface area contributed by atoms with Crippen LogP contribution in [0, 0.1) is 0 Å². The number of rotatable bonds is 1. The number of nitrogens with zero attached hydrogens (tertiary/aromatic N) is 1. The van der Waals surface area contributed by atoms with Crippen molar-refractivity contribution in [3.8, 4) is 27.9 Å². The third kappa shape index (κ3) is 2.66. The fourth-order valence-corrected chi connectivity index (χ4v) is 7.63. The van der Waals surface area contributed by atoms with Gasteiger partial charge in [0.25, 0.3) is 0 Å². The standard InChI is InChI=1S/C40H23N/c1-2-12-27-24(9-1)19-21-34-38(27)30-13-3-4-14-32(30)40-39(34)33-15-5-6-18-36(33)41(40)26-20-22-28-29-16-7-10-25-11-8-17-31(37(25)29)35(28)23-26/h1-23H. The zero-order chi connectivity index (χ0) is 26.7. The highest BCUT2D eigenvalue weighted by Crippen LogP contribution is 2.49. The third-order valence-electron chi connectivity index (χ3n) is 9.27. The maximum Gasteiger partial charge on any atom is 0.0625 e. The Kier molecular flexibility index (Phi) is 3.98. The van der Waals surface area contributed by atoms with E-state index in [1.54, 1.807) is 0 Å². The second-order valence-corrected chi connectivity index (χ2v) is 11.3. The van der Waals surface area contributed by atoms with Crippen LogP contribution < -0.4 is 0 Å². The Bertz CT molecular complexity index is 2580. The topological polar surface area (TPSA) is 4.93 Å². The van der Waals surface area contributed by atoms with Crippen molar-refractivity contribution < 1.29 is 0 Å². The fraction of sp³-hybridized carbons (Fsp3) is 0. The van der Waals surface area contributed by atoms with E-state index < -0.39 is 0 Å². The Balaban J connectivity index is 1.40. The molecular formula is C40H23N. The SMILES string of the molecule is c1cc2c3c(cccc3c1)-c1cc(-n3c4ccccc4c4c5ccc6ccccc6c5c5ccccc5c43)ccc1-2. The molecule has 0 aliphatic heterocycles. The molecule has 0 unspecified atom stereocenters. The molecule has 0 bridgehead atoms. The first-order chi connectivity index (χ1) is 20.4. The average molecular weight is 518 g/mol. The second kappa shape index (κ2) is 7.62. The van der Waals surface area contributed by atoms with Crippen molar-refractivity contribution in [1.82, 2.24) is 4.57 Å². The third-order valence-corrected chi connectivity index (χ3v) is 9.27. The van der Waals surface area contributed by atoms with Gasteiger partial charge in [0.05, 0.1) is 11.0 Å². The Morgan fingerprint density at radius 2 is 1.02 bits per heavy atom. The van der Waals surface area contributed by atoms with Gasteiger partial charge in [-0.05, 0) is 78.2 Å². The predicted octanol–water partition coefficient (Wildman–Crippen LogP) is 11.0. The molecule has 0 spiro atoms. The number of para-hydroxylation sites is 1. The molecule has 0 amide bonds. The van der Waals surface area contributed by atoms with Gasteiger partial charge in [-0.1, -0.05) is 121 Å². The Morgan fingerprint density at radius 1 is 0.341 bits per heavy atom. The lowest BCUT2D eigenvalue weighted by Gasteiger charge is -2.14. The van der Waals surface area contributed by atoms with Crippen molar-refractivity contribution in [1.29, 1.82) is 0 Å². The van der Waals surface area contributed by atoms with E-state index in [9.17, 15) is 0 Å². The van der Waals surface area contributed by atoms with Crippen molar-refractivity contribution in [2.24, 2.45) is 0 Å². The molecule has 1 aliphatic carbocycles. The molecule has 188 valence electrons. The van der Waals surface area contributed by atoms with Gasteiger partial charge in [-0.25, -0.2) is 0 Å². The molecule has 1 aliphatic rings. The highest BCUT2D eigenvalue weighted by molar-refractivity contribution is 6.36. The quantitative estimate of drug-likeness (QED) is 0.191. The Morgan fingerprint density at radius 3 is 1.88 bits per heavy atom.